The van der Waals surface area contributed by atoms with E-state index >= 15 is 0 Å². The van der Waals surface area contributed by atoms with E-state index in [0.717, 1.165) is 18.3 Å². The largest absolute Gasteiger partial charge is 0.384 e. The van der Waals surface area contributed by atoms with Gasteiger partial charge in [-0.05, 0) is 30.0 Å². The number of aromatic nitrogens is 1. The van der Waals surface area contributed by atoms with Gasteiger partial charge in [0.2, 0.25) is 0 Å². The molecule has 11 heavy (non-hydrogen) atoms. The molecular weight excluding hydrogens is 136 g/mol. The lowest BCUT2D eigenvalue weighted by atomic mass is 10.00. The summed E-state index contributed by atoms with van der Waals surface area (Å²) in [6.07, 6.45) is -2.20. The SMILES string of the molecule is [2H]C([2H])([2H])C([2H])([2H])C([2H])(c1ccnc(N)c1)C([2H])([2H])[2H]. The maximum atomic E-state index is 8.09. The molecule has 0 amide bonds. The van der Waals surface area contributed by atoms with Gasteiger partial charge in [-0.2, -0.15) is 0 Å². The Morgan fingerprint density at radius 1 is 2.00 bits per heavy atom. The minimum Gasteiger partial charge on any atom is -0.384 e. The highest BCUT2D eigenvalue weighted by molar-refractivity contribution is 5.33. The van der Waals surface area contributed by atoms with Gasteiger partial charge in [0.05, 0.1) is 0 Å². The summed E-state index contributed by atoms with van der Waals surface area (Å²) in [5.41, 5.74) is 5.05. The quantitative estimate of drug-likeness (QED) is 0.718. The first-order valence-electron chi connectivity index (χ1n) is 7.47. The van der Waals surface area contributed by atoms with Gasteiger partial charge in [-0.15, -0.1) is 0 Å². The van der Waals surface area contributed by atoms with Crippen molar-refractivity contribution in [2.45, 2.75) is 26.0 Å². The number of nitrogens with two attached hydrogens (primary N) is 1. The average molecular weight is 159 g/mol. The third-order valence-electron chi connectivity index (χ3n) is 1.19. The first-order valence-corrected chi connectivity index (χ1v) is 2.97. The smallest absolute Gasteiger partial charge is 0.123 e. The Bertz CT molecular complexity index is 493. The third kappa shape index (κ3) is 1.93. The molecule has 1 atom stereocenters. The Hall–Kier alpha value is -1.05. The zero-order valence-corrected chi connectivity index (χ0v) is 5.76. The van der Waals surface area contributed by atoms with Gasteiger partial charge in [-0.1, -0.05) is 13.7 Å². The highest BCUT2D eigenvalue weighted by Gasteiger charge is 2.01. The topological polar surface area (TPSA) is 38.9 Å². The van der Waals surface area contributed by atoms with E-state index < -0.39 is 26.0 Å². The summed E-state index contributed by atoms with van der Waals surface area (Å²) in [5.74, 6) is -3.12. The molecule has 1 aromatic rings. The van der Waals surface area contributed by atoms with Gasteiger partial charge in [-0.25, -0.2) is 4.98 Å². The number of pyridine rings is 1. The van der Waals surface area contributed by atoms with Crippen molar-refractivity contribution in [1.29, 1.82) is 0 Å². The number of rotatable bonds is 2. The maximum Gasteiger partial charge on any atom is 0.123 e. The fraction of sp³-hybridized carbons (Fsp3) is 0.444. The van der Waals surface area contributed by atoms with Crippen LogP contribution in [0.15, 0.2) is 18.3 Å². The summed E-state index contributed by atoms with van der Waals surface area (Å²) in [6.45, 7) is -6.50. The van der Waals surface area contributed by atoms with Crippen molar-refractivity contribution >= 4 is 5.82 Å². The van der Waals surface area contributed by atoms with E-state index in [1.165, 1.54) is 0 Å². The molecule has 0 aromatic carbocycles. The van der Waals surface area contributed by atoms with Gasteiger partial charge < -0.3 is 5.73 Å². The van der Waals surface area contributed by atoms with Crippen LogP contribution in [-0.4, -0.2) is 4.98 Å². The van der Waals surface area contributed by atoms with E-state index in [1.807, 2.05) is 0 Å². The van der Waals surface area contributed by atoms with Crippen molar-refractivity contribution in [1.82, 2.24) is 4.98 Å². The summed E-state index contributed by atoms with van der Waals surface area (Å²) < 4.78 is 67.4. The van der Waals surface area contributed by atoms with Crippen molar-refractivity contribution in [2.24, 2.45) is 0 Å². The zero-order chi connectivity index (χ0) is 16.0. The second-order valence-corrected chi connectivity index (χ2v) is 1.97. The first-order chi connectivity index (χ1) is 8.75. The molecule has 1 rings (SSSR count). The Kier molecular flexibility index (Phi) is 0.681. The van der Waals surface area contributed by atoms with E-state index in [9.17, 15) is 0 Å². The maximum absolute atomic E-state index is 8.09. The lowest BCUT2D eigenvalue weighted by molar-refractivity contribution is 0.732. The molecule has 0 spiro atoms. The van der Waals surface area contributed by atoms with Crippen molar-refractivity contribution < 1.29 is 12.3 Å². The molecule has 0 bridgehead atoms. The normalized spacial score (nSPS) is 31.5. The van der Waals surface area contributed by atoms with Crippen LogP contribution in [0.2, 0.25) is 0 Å². The molecule has 60 valence electrons. The third-order valence-corrected chi connectivity index (χ3v) is 1.19. The predicted octanol–water partition coefficient (Wildman–Crippen LogP) is 2.18. The van der Waals surface area contributed by atoms with Gasteiger partial charge >= 0.3 is 0 Å². The lowest BCUT2D eigenvalue weighted by Crippen LogP contribution is -1.95. The number of nitrogen functional groups attached to an aromatic ring is 1. The molecular formula is C9H14N2. The molecule has 0 aliphatic heterocycles. The van der Waals surface area contributed by atoms with Gasteiger partial charge in [0.15, 0.2) is 0 Å². The predicted molar refractivity (Wildman–Crippen MR) is 47.4 cm³/mol. The molecule has 2 N–H and O–H groups in total. The van der Waals surface area contributed by atoms with Crippen LogP contribution in [0.1, 0.15) is 43.9 Å². The van der Waals surface area contributed by atoms with Crippen LogP contribution in [0.5, 0.6) is 0 Å². The molecule has 0 saturated carbocycles. The Morgan fingerprint density at radius 3 is 3.55 bits per heavy atom. The molecule has 1 unspecified atom stereocenters. The van der Waals surface area contributed by atoms with Crippen molar-refractivity contribution in [3.8, 4) is 0 Å². The van der Waals surface area contributed by atoms with Crippen LogP contribution in [0.4, 0.5) is 5.82 Å². The highest BCUT2D eigenvalue weighted by Crippen LogP contribution is 2.18. The van der Waals surface area contributed by atoms with Crippen LogP contribution in [0, 0.1) is 0 Å². The monoisotopic (exact) mass is 159 g/mol. The Balaban J connectivity index is 3.63. The van der Waals surface area contributed by atoms with Crippen molar-refractivity contribution in [3.05, 3.63) is 23.9 Å². The summed E-state index contributed by atoms with van der Waals surface area (Å²) in [7, 11) is 0. The number of hydrogen-bond donors (Lipinski definition) is 1. The number of hydrogen-bond acceptors (Lipinski definition) is 2. The van der Waals surface area contributed by atoms with E-state index in [-0.39, 0.29) is 11.4 Å². The second-order valence-electron chi connectivity index (χ2n) is 1.97. The standard InChI is InChI=1S/C9H14N2/c1-3-7(2)8-4-5-11-9(10)6-8/h4-7H,3H2,1-2H3,(H2,10,11)/i1D3,2D3,3D2,7D. The number of nitrogens with zero attached hydrogens (tertiary/aromatic N) is 1. The highest BCUT2D eigenvalue weighted by atomic mass is 14.8. The number of anilines is 1. The summed E-state index contributed by atoms with van der Waals surface area (Å²) in [5, 5.41) is 0. The van der Waals surface area contributed by atoms with Gasteiger partial charge in [0.1, 0.15) is 5.82 Å². The lowest BCUT2D eigenvalue weighted by Gasteiger charge is -2.07. The van der Waals surface area contributed by atoms with Crippen LogP contribution >= 0.6 is 0 Å². The molecule has 2 nitrogen and oxygen atoms in total. The van der Waals surface area contributed by atoms with Crippen LogP contribution in [0.25, 0.3) is 0 Å². The van der Waals surface area contributed by atoms with Crippen molar-refractivity contribution in [2.75, 3.05) is 5.73 Å². The van der Waals surface area contributed by atoms with Crippen LogP contribution in [0.3, 0.4) is 0 Å². The fourth-order valence-electron chi connectivity index (χ4n) is 0.676. The minimum atomic E-state index is -3.31. The molecule has 0 radical (unpaired) electrons. The second kappa shape index (κ2) is 3.37. The zero-order valence-electron chi connectivity index (χ0n) is 14.8. The molecule has 0 aliphatic rings. The Labute approximate surface area is 80.1 Å². The van der Waals surface area contributed by atoms with Crippen LogP contribution in [-0.2, 0) is 0 Å². The van der Waals surface area contributed by atoms with E-state index in [2.05, 4.69) is 4.98 Å². The summed E-state index contributed by atoms with van der Waals surface area (Å²) in [4.78, 5) is 3.63. The minimum absolute atomic E-state index is 0.121. The molecule has 0 saturated heterocycles. The summed E-state index contributed by atoms with van der Waals surface area (Å²) in [6, 6.07) is 2.09. The molecule has 1 heterocycles. The van der Waals surface area contributed by atoms with Gasteiger partial charge in [-0.3, -0.25) is 0 Å². The van der Waals surface area contributed by atoms with E-state index in [4.69, 9.17) is 18.1 Å². The van der Waals surface area contributed by atoms with Gasteiger partial charge in [0, 0.05) is 18.5 Å². The van der Waals surface area contributed by atoms with E-state index in [0.29, 0.717) is 0 Å². The molecule has 2 heteroatoms. The first kappa shape index (κ1) is 2.22. The fourth-order valence-corrected chi connectivity index (χ4v) is 0.676. The van der Waals surface area contributed by atoms with Crippen molar-refractivity contribution in [3.63, 3.8) is 0 Å². The summed E-state index contributed by atoms with van der Waals surface area (Å²) >= 11 is 0. The molecule has 1 aromatic heterocycles. The Morgan fingerprint density at radius 2 is 2.91 bits per heavy atom. The van der Waals surface area contributed by atoms with Crippen LogP contribution < -0.4 is 5.73 Å². The molecule has 0 fully saturated rings. The molecule has 0 aliphatic carbocycles. The van der Waals surface area contributed by atoms with E-state index in [1.54, 1.807) is 0 Å². The average Bonchev–Trinajstić information content (AvgIpc) is 2.24. The van der Waals surface area contributed by atoms with Gasteiger partial charge in [0.25, 0.3) is 0 Å².